The topological polar surface area (TPSA) is 101 Å². The van der Waals surface area contributed by atoms with Crippen LogP contribution in [0.5, 0.6) is 0 Å². The van der Waals surface area contributed by atoms with Crippen LogP contribution in [0.4, 0.5) is 17.6 Å². The summed E-state index contributed by atoms with van der Waals surface area (Å²) < 4.78 is 1.01. The van der Waals surface area contributed by atoms with Gasteiger partial charge < -0.3 is 5.73 Å². The van der Waals surface area contributed by atoms with Gasteiger partial charge in [0.1, 0.15) is 7.85 Å². The molecule has 0 aliphatic rings. The van der Waals surface area contributed by atoms with Gasteiger partial charge in [-0.05, 0) is 23.3 Å². The van der Waals surface area contributed by atoms with E-state index >= 15 is 0 Å². The molecule has 2 radical (unpaired) electrons. The molecule has 0 aliphatic carbocycles. The van der Waals surface area contributed by atoms with Gasteiger partial charge in [0.2, 0.25) is 5.95 Å². The molecule has 3 aromatic rings. The molecule has 0 saturated heterocycles. The lowest BCUT2D eigenvalue weighted by molar-refractivity contribution is 1.13. The van der Waals surface area contributed by atoms with Crippen LogP contribution in [-0.2, 0) is 0 Å². The fraction of sp³-hybridized carbons (Fsp3) is 0. The number of hydrogen-bond acceptors (Lipinski definition) is 7. The average Bonchev–Trinajstić information content (AvgIpc) is 2.65. The molecule has 9 heteroatoms. The Hall–Kier alpha value is -3.20. The molecule has 1 heterocycles. The number of halogens is 1. The number of nitrogens with two attached hydrogens (primary N) is 1. The molecule has 0 bridgehead atoms. The van der Waals surface area contributed by atoms with Crippen LogP contribution < -0.4 is 22.0 Å². The van der Waals surface area contributed by atoms with Gasteiger partial charge in [-0.15, -0.1) is 0 Å². The highest BCUT2D eigenvalue weighted by atomic mass is 79.9. The molecule has 3 rings (SSSR count). The van der Waals surface area contributed by atoms with E-state index in [-0.39, 0.29) is 5.95 Å². The molecule has 132 valence electrons. The summed E-state index contributed by atoms with van der Waals surface area (Å²) in [5, 5.41) is 8.27. The summed E-state index contributed by atoms with van der Waals surface area (Å²) in [6.07, 6.45) is 3.33. The first-order valence-electron chi connectivity index (χ1n) is 7.92. The molecule has 2 aromatic carbocycles. The molecule has 0 saturated carbocycles. The largest absolute Gasteiger partial charge is 0.368 e. The molecule has 27 heavy (non-hydrogen) atoms. The highest BCUT2D eigenvalue weighted by molar-refractivity contribution is 9.10. The van der Waals surface area contributed by atoms with Gasteiger partial charge in [-0.3, -0.25) is 10.9 Å². The Kier molecular flexibility index (Phi) is 6.16. The monoisotopic (exact) mass is 419 g/mol. The first kappa shape index (κ1) is 18.6. The maximum Gasteiger partial charge on any atom is 0.224 e. The van der Waals surface area contributed by atoms with Gasteiger partial charge in [-0.2, -0.15) is 20.2 Å². The lowest BCUT2D eigenvalue weighted by atomic mass is 9.96. The van der Waals surface area contributed by atoms with Crippen molar-refractivity contribution in [2.45, 2.75) is 0 Å². The summed E-state index contributed by atoms with van der Waals surface area (Å²) in [7, 11) is 5.65. The number of benzene rings is 2. The number of aromatic nitrogens is 2. The predicted molar refractivity (Wildman–Crippen MR) is 115 cm³/mol. The van der Waals surface area contributed by atoms with Crippen LogP contribution in [0.25, 0.3) is 0 Å². The summed E-state index contributed by atoms with van der Waals surface area (Å²) in [5.41, 5.74) is 13.9. The summed E-state index contributed by atoms with van der Waals surface area (Å²) in [6, 6.07) is 16.7. The Morgan fingerprint density at radius 3 is 1.85 bits per heavy atom. The highest BCUT2D eigenvalue weighted by Gasteiger charge is 2.01. The van der Waals surface area contributed by atoms with Crippen molar-refractivity contribution in [1.29, 1.82) is 0 Å². The van der Waals surface area contributed by atoms with Crippen LogP contribution in [0.3, 0.4) is 0 Å². The van der Waals surface area contributed by atoms with Gasteiger partial charge in [0.15, 0.2) is 11.6 Å². The van der Waals surface area contributed by atoms with Gasteiger partial charge >= 0.3 is 0 Å². The van der Waals surface area contributed by atoms with E-state index in [0.29, 0.717) is 17.1 Å². The standard InChI is InChI=1S/C18H15BBrN7/c19-14-5-1-12(2-6-14)10-22-26-16-9-17(25-18(21)24-16)27-23-11-13-3-7-15(20)8-4-13/h1-11H,(H4,21,24,25,26,27)/b22-10+,23-11+. The van der Waals surface area contributed by atoms with Crippen molar-refractivity contribution in [3.63, 3.8) is 0 Å². The molecular weight excluding hydrogens is 405 g/mol. The van der Waals surface area contributed by atoms with Crippen LogP contribution in [0.15, 0.2) is 69.3 Å². The minimum Gasteiger partial charge on any atom is -0.368 e. The van der Waals surface area contributed by atoms with Crippen molar-refractivity contribution in [3.05, 3.63) is 70.2 Å². The van der Waals surface area contributed by atoms with E-state index in [1.165, 1.54) is 0 Å². The Morgan fingerprint density at radius 1 is 0.852 bits per heavy atom. The summed E-state index contributed by atoms with van der Waals surface area (Å²) >= 11 is 3.39. The van der Waals surface area contributed by atoms with E-state index in [2.05, 4.69) is 47.0 Å². The number of rotatable bonds is 6. The second kappa shape index (κ2) is 8.95. The molecule has 0 unspecified atom stereocenters. The molecule has 0 amide bonds. The maximum absolute atomic E-state index is 5.73. The molecular formula is C18H15BBrN7. The predicted octanol–water partition coefficient (Wildman–Crippen LogP) is 2.51. The van der Waals surface area contributed by atoms with E-state index < -0.39 is 0 Å². The van der Waals surface area contributed by atoms with Crippen molar-refractivity contribution >= 4 is 59.3 Å². The minimum atomic E-state index is 0.101. The molecule has 0 aliphatic heterocycles. The number of hydrazone groups is 2. The quantitative estimate of drug-likeness (QED) is 0.323. The average molecular weight is 420 g/mol. The second-order valence-corrected chi connectivity index (χ2v) is 6.37. The van der Waals surface area contributed by atoms with Crippen LogP contribution in [0, 0.1) is 0 Å². The Morgan fingerprint density at radius 2 is 1.33 bits per heavy atom. The third kappa shape index (κ3) is 5.93. The van der Waals surface area contributed by atoms with Gasteiger partial charge in [-0.1, -0.05) is 57.8 Å². The Bertz CT molecular complexity index is 881. The van der Waals surface area contributed by atoms with E-state index in [1.807, 2.05) is 36.4 Å². The van der Waals surface area contributed by atoms with Crippen molar-refractivity contribution in [2.75, 3.05) is 16.6 Å². The molecule has 0 spiro atoms. The van der Waals surface area contributed by atoms with Crippen molar-refractivity contribution in [1.82, 2.24) is 9.97 Å². The smallest absolute Gasteiger partial charge is 0.224 e. The fourth-order valence-electron chi connectivity index (χ4n) is 2.06. The zero-order chi connectivity index (χ0) is 19.1. The van der Waals surface area contributed by atoms with Crippen molar-refractivity contribution in [2.24, 2.45) is 10.2 Å². The zero-order valence-corrected chi connectivity index (χ0v) is 15.8. The van der Waals surface area contributed by atoms with Crippen LogP contribution in [-0.4, -0.2) is 30.2 Å². The Balaban J connectivity index is 1.63. The van der Waals surface area contributed by atoms with Crippen molar-refractivity contribution in [3.8, 4) is 0 Å². The van der Waals surface area contributed by atoms with Crippen LogP contribution in [0.1, 0.15) is 11.1 Å². The summed E-state index contributed by atoms with van der Waals surface area (Å²) in [5.74, 6) is 0.987. The number of nitrogen functional groups attached to an aromatic ring is 1. The zero-order valence-electron chi connectivity index (χ0n) is 14.2. The molecule has 1 aromatic heterocycles. The van der Waals surface area contributed by atoms with Gasteiger partial charge in [0.05, 0.1) is 12.4 Å². The number of nitrogens with one attached hydrogen (secondary N) is 2. The van der Waals surface area contributed by atoms with E-state index in [4.69, 9.17) is 13.6 Å². The van der Waals surface area contributed by atoms with Gasteiger partial charge in [0, 0.05) is 10.5 Å². The fourth-order valence-corrected chi connectivity index (χ4v) is 2.32. The first-order chi connectivity index (χ1) is 13.1. The molecule has 7 nitrogen and oxygen atoms in total. The summed E-state index contributed by atoms with van der Waals surface area (Å²) in [4.78, 5) is 8.16. The van der Waals surface area contributed by atoms with Gasteiger partial charge in [0.25, 0.3) is 0 Å². The minimum absolute atomic E-state index is 0.101. The van der Waals surface area contributed by atoms with Crippen LogP contribution >= 0.6 is 15.9 Å². The second-order valence-electron chi connectivity index (χ2n) is 5.45. The van der Waals surface area contributed by atoms with Crippen molar-refractivity contribution < 1.29 is 0 Å². The Labute approximate surface area is 166 Å². The summed E-state index contributed by atoms with van der Waals surface area (Å²) in [6.45, 7) is 0. The van der Waals surface area contributed by atoms with E-state index in [1.54, 1.807) is 30.6 Å². The lowest BCUT2D eigenvalue weighted by Crippen LogP contribution is -2.03. The van der Waals surface area contributed by atoms with Gasteiger partial charge in [-0.25, -0.2) is 0 Å². The number of anilines is 3. The normalized spacial score (nSPS) is 11.1. The van der Waals surface area contributed by atoms with E-state index in [0.717, 1.165) is 15.6 Å². The third-order valence-electron chi connectivity index (χ3n) is 3.34. The highest BCUT2D eigenvalue weighted by Crippen LogP contribution is 2.13. The number of hydrogen-bond donors (Lipinski definition) is 3. The van der Waals surface area contributed by atoms with Crippen LogP contribution in [0.2, 0.25) is 0 Å². The first-order valence-corrected chi connectivity index (χ1v) is 8.71. The molecule has 0 fully saturated rings. The maximum atomic E-state index is 5.73. The van der Waals surface area contributed by atoms with E-state index in [9.17, 15) is 0 Å². The number of nitrogens with zero attached hydrogens (tertiary/aromatic N) is 4. The third-order valence-corrected chi connectivity index (χ3v) is 3.86. The molecule has 4 N–H and O–H groups in total. The lowest BCUT2D eigenvalue weighted by Gasteiger charge is -2.04. The SMILES string of the molecule is [B]c1ccc(/C=N/Nc2cc(N/N=C/c3ccc(Br)cc3)nc(N)n2)cc1. The molecule has 0 atom stereocenters.